The number of hydrogen-bond acceptors (Lipinski definition) is 5. The molecule has 0 saturated carbocycles. The van der Waals surface area contributed by atoms with Gasteiger partial charge in [-0.15, -0.1) is 0 Å². The molecule has 0 radical (unpaired) electrons. The number of aromatic nitrogens is 2. The minimum atomic E-state index is -0.0239. The van der Waals surface area contributed by atoms with Gasteiger partial charge in [-0.05, 0) is 5.75 Å². The number of hydrogen-bond donors (Lipinski definition) is 1. The zero-order chi connectivity index (χ0) is 9.68. The minimum Gasteiger partial charge on any atom is -0.301 e. The Balaban J connectivity index is 2.53. The molecule has 0 spiro atoms. The summed E-state index contributed by atoms with van der Waals surface area (Å²) in [6.45, 7) is 3.84. The Labute approximate surface area is 85.3 Å². The SMILES string of the molecule is CCSc1nsc(NC(=O)CC)n1. The van der Waals surface area contributed by atoms with Gasteiger partial charge >= 0.3 is 0 Å². The van der Waals surface area contributed by atoms with Crippen molar-refractivity contribution in [2.75, 3.05) is 11.1 Å². The van der Waals surface area contributed by atoms with Crippen LogP contribution in [0.2, 0.25) is 0 Å². The average Bonchev–Trinajstić information content (AvgIpc) is 2.53. The summed E-state index contributed by atoms with van der Waals surface area (Å²) in [5, 5.41) is 3.98. The average molecular weight is 217 g/mol. The van der Waals surface area contributed by atoms with E-state index in [2.05, 4.69) is 14.7 Å². The maximum Gasteiger partial charge on any atom is 0.225 e. The molecule has 1 amide bonds. The fourth-order valence-electron chi connectivity index (χ4n) is 0.656. The molecule has 1 heterocycles. The largest absolute Gasteiger partial charge is 0.301 e. The molecular formula is C7H11N3OS2. The Kier molecular flexibility index (Phi) is 4.17. The van der Waals surface area contributed by atoms with E-state index in [1.54, 1.807) is 18.7 Å². The van der Waals surface area contributed by atoms with Crippen molar-refractivity contribution in [3.05, 3.63) is 0 Å². The summed E-state index contributed by atoms with van der Waals surface area (Å²) in [6.07, 6.45) is 0.468. The highest BCUT2D eigenvalue weighted by atomic mass is 32.2. The van der Waals surface area contributed by atoms with E-state index >= 15 is 0 Å². The zero-order valence-electron chi connectivity index (χ0n) is 7.53. The van der Waals surface area contributed by atoms with Crippen LogP contribution in [0, 0.1) is 0 Å². The molecule has 0 atom stereocenters. The van der Waals surface area contributed by atoms with Crippen LogP contribution in [-0.4, -0.2) is 21.0 Å². The maximum absolute atomic E-state index is 11.0. The van der Waals surface area contributed by atoms with E-state index in [0.29, 0.717) is 11.6 Å². The molecule has 6 heteroatoms. The summed E-state index contributed by atoms with van der Waals surface area (Å²) in [6, 6.07) is 0. The molecule has 1 rings (SSSR count). The molecule has 1 aromatic rings. The van der Waals surface area contributed by atoms with Crippen molar-refractivity contribution in [1.82, 2.24) is 9.36 Å². The Morgan fingerprint density at radius 2 is 2.38 bits per heavy atom. The van der Waals surface area contributed by atoms with E-state index in [9.17, 15) is 4.79 Å². The summed E-state index contributed by atoms with van der Waals surface area (Å²) in [7, 11) is 0. The van der Waals surface area contributed by atoms with Crippen LogP contribution in [0.3, 0.4) is 0 Å². The smallest absolute Gasteiger partial charge is 0.225 e. The van der Waals surface area contributed by atoms with E-state index in [4.69, 9.17) is 0 Å². The van der Waals surface area contributed by atoms with Gasteiger partial charge in [0.1, 0.15) is 0 Å². The van der Waals surface area contributed by atoms with Crippen LogP contribution in [0.1, 0.15) is 20.3 Å². The van der Waals surface area contributed by atoms with E-state index in [1.165, 1.54) is 11.5 Å². The lowest BCUT2D eigenvalue weighted by Gasteiger charge is -1.94. The molecule has 1 aromatic heterocycles. The first-order valence-electron chi connectivity index (χ1n) is 4.02. The van der Waals surface area contributed by atoms with Gasteiger partial charge < -0.3 is 5.32 Å². The molecule has 0 fully saturated rings. The lowest BCUT2D eigenvalue weighted by molar-refractivity contribution is -0.115. The van der Waals surface area contributed by atoms with Crippen molar-refractivity contribution >= 4 is 34.3 Å². The van der Waals surface area contributed by atoms with Gasteiger partial charge in [0.05, 0.1) is 0 Å². The number of nitrogens with one attached hydrogen (secondary N) is 1. The molecule has 0 unspecified atom stereocenters. The van der Waals surface area contributed by atoms with Gasteiger partial charge in [0.15, 0.2) is 0 Å². The highest BCUT2D eigenvalue weighted by Gasteiger charge is 2.05. The summed E-state index contributed by atoms with van der Waals surface area (Å²) >= 11 is 2.79. The van der Waals surface area contributed by atoms with Crippen LogP contribution in [0.25, 0.3) is 0 Å². The van der Waals surface area contributed by atoms with Crippen molar-refractivity contribution in [2.24, 2.45) is 0 Å². The number of carbonyl (C=O) groups excluding carboxylic acids is 1. The number of thioether (sulfide) groups is 1. The fourth-order valence-corrected chi connectivity index (χ4v) is 1.94. The molecule has 0 aliphatic rings. The van der Waals surface area contributed by atoms with Gasteiger partial charge in [0, 0.05) is 18.0 Å². The van der Waals surface area contributed by atoms with Crippen LogP contribution >= 0.6 is 23.3 Å². The Hall–Kier alpha value is -0.620. The summed E-state index contributed by atoms with van der Waals surface area (Å²) in [5.74, 6) is 0.918. The second kappa shape index (κ2) is 5.18. The standard InChI is InChI=1S/C7H11N3OS2/c1-3-5(11)8-6-9-7(10-13-6)12-4-2/h3-4H2,1-2H3,(H,8,9,10,11). The number of rotatable bonds is 4. The van der Waals surface area contributed by atoms with Gasteiger partial charge in [-0.1, -0.05) is 25.6 Å². The van der Waals surface area contributed by atoms with Crippen molar-refractivity contribution in [3.63, 3.8) is 0 Å². The molecule has 0 aliphatic carbocycles. The van der Waals surface area contributed by atoms with E-state index in [1.807, 2.05) is 6.92 Å². The van der Waals surface area contributed by atoms with Gasteiger partial charge in [-0.25, -0.2) is 0 Å². The number of nitrogens with zero attached hydrogens (tertiary/aromatic N) is 2. The van der Waals surface area contributed by atoms with Gasteiger partial charge in [0.2, 0.25) is 16.2 Å². The lowest BCUT2D eigenvalue weighted by Crippen LogP contribution is -2.08. The molecule has 1 N–H and O–H groups in total. The third-order valence-electron chi connectivity index (χ3n) is 1.25. The normalized spacial score (nSPS) is 10.0. The third kappa shape index (κ3) is 3.31. The molecule has 0 aromatic carbocycles. The molecule has 0 bridgehead atoms. The van der Waals surface area contributed by atoms with Crippen LogP contribution in [-0.2, 0) is 4.79 Å². The predicted molar refractivity (Wildman–Crippen MR) is 55.2 cm³/mol. The number of anilines is 1. The molecule has 0 aliphatic heterocycles. The second-order valence-electron chi connectivity index (χ2n) is 2.22. The second-order valence-corrected chi connectivity index (χ2v) is 4.20. The molecule has 4 nitrogen and oxygen atoms in total. The van der Waals surface area contributed by atoms with Gasteiger partial charge in [-0.2, -0.15) is 9.36 Å². The van der Waals surface area contributed by atoms with Crippen LogP contribution < -0.4 is 5.32 Å². The van der Waals surface area contributed by atoms with E-state index in [-0.39, 0.29) is 5.91 Å². The first-order chi connectivity index (χ1) is 6.26. The quantitative estimate of drug-likeness (QED) is 0.784. The highest BCUT2D eigenvalue weighted by Crippen LogP contribution is 2.19. The van der Waals surface area contributed by atoms with Crippen molar-refractivity contribution in [1.29, 1.82) is 0 Å². The first kappa shape index (κ1) is 10.5. The van der Waals surface area contributed by atoms with E-state index in [0.717, 1.165) is 10.9 Å². The van der Waals surface area contributed by atoms with Crippen LogP contribution in [0.5, 0.6) is 0 Å². The monoisotopic (exact) mass is 217 g/mol. The van der Waals surface area contributed by atoms with Crippen molar-refractivity contribution in [3.8, 4) is 0 Å². The third-order valence-corrected chi connectivity index (χ3v) is 2.72. The summed E-state index contributed by atoms with van der Waals surface area (Å²) in [5.41, 5.74) is 0. The lowest BCUT2D eigenvalue weighted by atomic mass is 10.5. The van der Waals surface area contributed by atoms with Crippen LogP contribution in [0.15, 0.2) is 5.16 Å². The Bertz CT molecular complexity index is 287. The topological polar surface area (TPSA) is 54.9 Å². The molecule has 72 valence electrons. The van der Waals surface area contributed by atoms with E-state index < -0.39 is 0 Å². The van der Waals surface area contributed by atoms with Crippen LogP contribution in [0.4, 0.5) is 5.13 Å². The van der Waals surface area contributed by atoms with Gasteiger partial charge in [-0.3, -0.25) is 4.79 Å². The predicted octanol–water partition coefficient (Wildman–Crippen LogP) is 2.00. The maximum atomic E-state index is 11.0. The summed E-state index contributed by atoms with van der Waals surface area (Å²) in [4.78, 5) is 15.1. The van der Waals surface area contributed by atoms with Gasteiger partial charge in [0.25, 0.3) is 0 Å². The number of carbonyl (C=O) groups is 1. The first-order valence-corrected chi connectivity index (χ1v) is 5.78. The summed E-state index contributed by atoms with van der Waals surface area (Å²) < 4.78 is 4.07. The zero-order valence-corrected chi connectivity index (χ0v) is 9.17. The molecule has 13 heavy (non-hydrogen) atoms. The number of amides is 1. The molecular weight excluding hydrogens is 206 g/mol. The fraction of sp³-hybridized carbons (Fsp3) is 0.571. The highest BCUT2D eigenvalue weighted by molar-refractivity contribution is 7.99. The van der Waals surface area contributed by atoms with Crippen molar-refractivity contribution < 1.29 is 4.79 Å². The molecule has 0 saturated heterocycles. The minimum absolute atomic E-state index is 0.0239. The Morgan fingerprint density at radius 1 is 1.62 bits per heavy atom. The van der Waals surface area contributed by atoms with Crippen molar-refractivity contribution in [2.45, 2.75) is 25.4 Å². The Morgan fingerprint density at radius 3 is 3.00 bits per heavy atom.